The van der Waals surface area contributed by atoms with Gasteiger partial charge < -0.3 is 14.8 Å². The number of H-pyrrole nitrogens is 1. The van der Waals surface area contributed by atoms with Crippen LogP contribution in [-0.2, 0) is 20.8 Å². The first-order valence-electron chi connectivity index (χ1n) is 7.95. The SMILES string of the molecule is O=C(COC[C@@H]1CCCCO1)NCc1nc(-c2cnccn2)n[nH]1. The predicted molar refractivity (Wildman–Crippen MR) is 83.7 cm³/mol. The lowest BCUT2D eigenvalue weighted by Crippen LogP contribution is -2.30. The van der Waals surface area contributed by atoms with Gasteiger partial charge in [-0.25, -0.2) is 9.97 Å². The summed E-state index contributed by atoms with van der Waals surface area (Å²) < 4.78 is 10.9. The highest BCUT2D eigenvalue weighted by Crippen LogP contribution is 2.12. The minimum atomic E-state index is -0.205. The molecule has 0 saturated carbocycles. The molecule has 0 aromatic carbocycles. The standard InChI is InChI=1S/C15H20N6O3/c22-14(10-23-9-11-3-1-2-6-24-11)18-8-13-19-15(21-20-13)12-7-16-4-5-17-12/h4-5,7,11H,1-3,6,8-10H2,(H,18,22)(H,19,20,21)/t11-/m0/s1. The zero-order valence-electron chi connectivity index (χ0n) is 13.3. The monoisotopic (exact) mass is 332 g/mol. The van der Waals surface area contributed by atoms with Crippen LogP contribution in [0.25, 0.3) is 11.5 Å². The summed E-state index contributed by atoms with van der Waals surface area (Å²) in [6, 6.07) is 0. The van der Waals surface area contributed by atoms with Crippen molar-refractivity contribution in [3.05, 3.63) is 24.4 Å². The number of amides is 1. The summed E-state index contributed by atoms with van der Waals surface area (Å²) in [6.45, 7) is 1.48. The van der Waals surface area contributed by atoms with Crippen molar-refractivity contribution in [1.29, 1.82) is 0 Å². The third kappa shape index (κ3) is 4.80. The van der Waals surface area contributed by atoms with E-state index in [9.17, 15) is 4.79 Å². The summed E-state index contributed by atoms with van der Waals surface area (Å²) in [5.41, 5.74) is 0.571. The molecular formula is C15H20N6O3. The van der Waals surface area contributed by atoms with Crippen LogP contribution in [0.4, 0.5) is 0 Å². The zero-order valence-corrected chi connectivity index (χ0v) is 13.3. The number of carbonyl (C=O) groups is 1. The number of nitrogens with one attached hydrogen (secondary N) is 2. The summed E-state index contributed by atoms with van der Waals surface area (Å²) >= 11 is 0. The Hall–Kier alpha value is -2.39. The molecule has 1 atom stereocenters. The van der Waals surface area contributed by atoms with Gasteiger partial charge in [-0.15, -0.1) is 0 Å². The Labute approximate surface area is 139 Å². The van der Waals surface area contributed by atoms with Gasteiger partial charge in [0.1, 0.15) is 18.1 Å². The highest BCUT2D eigenvalue weighted by Gasteiger charge is 2.14. The summed E-state index contributed by atoms with van der Waals surface area (Å²) in [7, 11) is 0. The van der Waals surface area contributed by atoms with E-state index in [1.165, 1.54) is 0 Å². The van der Waals surface area contributed by atoms with E-state index >= 15 is 0 Å². The molecule has 0 radical (unpaired) electrons. The van der Waals surface area contributed by atoms with Gasteiger partial charge in [-0.3, -0.25) is 14.9 Å². The summed E-state index contributed by atoms with van der Waals surface area (Å²) in [4.78, 5) is 24.1. The van der Waals surface area contributed by atoms with Crippen molar-refractivity contribution in [3.63, 3.8) is 0 Å². The number of nitrogens with zero attached hydrogens (tertiary/aromatic N) is 4. The maximum absolute atomic E-state index is 11.8. The summed E-state index contributed by atoms with van der Waals surface area (Å²) in [5, 5.41) is 9.54. The second kappa shape index (κ2) is 8.46. The molecule has 1 aliphatic heterocycles. The van der Waals surface area contributed by atoms with Gasteiger partial charge in [0.2, 0.25) is 11.7 Å². The van der Waals surface area contributed by atoms with Gasteiger partial charge in [-0.2, -0.15) is 5.10 Å². The van der Waals surface area contributed by atoms with E-state index in [-0.39, 0.29) is 25.2 Å². The van der Waals surface area contributed by atoms with Crippen LogP contribution in [0, 0.1) is 0 Å². The topological polar surface area (TPSA) is 115 Å². The van der Waals surface area contributed by atoms with Crippen LogP contribution in [0.5, 0.6) is 0 Å². The normalized spacial score (nSPS) is 17.6. The van der Waals surface area contributed by atoms with Gasteiger partial charge in [-0.05, 0) is 19.3 Å². The second-order valence-corrected chi connectivity index (χ2v) is 5.48. The lowest BCUT2D eigenvalue weighted by molar-refractivity contribution is -0.128. The fourth-order valence-corrected chi connectivity index (χ4v) is 2.36. The van der Waals surface area contributed by atoms with Gasteiger partial charge in [0.15, 0.2) is 0 Å². The largest absolute Gasteiger partial charge is 0.376 e. The van der Waals surface area contributed by atoms with Crippen LogP contribution in [0.15, 0.2) is 18.6 Å². The van der Waals surface area contributed by atoms with E-state index < -0.39 is 0 Å². The van der Waals surface area contributed by atoms with Crippen LogP contribution in [-0.4, -0.2) is 57.0 Å². The van der Waals surface area contributed by atoms with Crippen LogP contribution < -0.4 is 5.32 Å². The minimum absolute atomic E-state index is 0.00498. The molecule has 2 N–H and O–H groups in total. The average molecular weight is 332 g/mol. The Bertz CT molecular complexity index is 642. The lowest BCUT2D eigenvalue weighted by atomic mass is 10.1. The van der Waals surface area contributed by atoms with E-state index in [0.29, 0.717) is 23.9 Å². The van der Waals surface area contributed by atoms with Crippen molar-refractivity contribution < 1.29 is 14.3 Å². The lowest BCUT2D eigenvalue weighted by Gasteiger charge is -2.22. The van der Waals surface area contributed by atoms with E-state index in [2.05, 4.69) is 30.5 Å². The minimum Gasteiger partial charge on any atom is -0.376 e. The third-order valence-corrected chi connectivity index (χ3v) is 3.59. The number of carbonyl (C=O) groups excluding carboxylic acids is 1. The first-order chi connectivity index (χ1) is 11.8. The predicted octanol–water partition coefficient (Wildman–Crippen LogP) is 0.464. The summed E-state index contributed by atoms with van der Waals surface area (Å²) in [5.74, 6) is 0.779. The highest BCUT2D eigenvalue weighted by molar-refractivity contribution is 5.77. The van der Waals surface area contributed by atoms with Crippen LogP contribution >= 0.6 is 0 Å². The molecule has 1 aliphatic rings. The Morgan fingerprint density at radius 1 is 1.42 bits per heavy atom. The molecule has 0 bridgehead atoms. The molecule has 1 saturated heterocycles. The Kier molecular flexibility index (Phi) is 5.80. The molecule has 0 unspecified atom stereocenters. The quantitative estimate of drug-likeness (QED) is 0.757. The van der Waals surface area contributed by atoms with Crippen LogP contribution in [0.2, 0.25) is 0 Å². The van der Waals surface area contributed by atoms with Crippen molar-refractivity contribution >= 4 is 5.91 Å². The summed E-state index contributed by atoms with van der Waals surface area (Å²) in [6.07, 6.45) is 8.08. The first kappa shape index (κ1) is 16.5. The van der Waals surface area contributed by atoms with Gasteiger partial charge in [-0.1, -0.05) is 0 Å². The highest BCUT2D eigenvalue weighted by atomic mass is 16.5. The molecule has 9 nitrogen and oxygen atoms in total. The van der Waals surface area contributed by atoms with Crippen molar-refractivity contribution in [2.24, 2.45) is 0 Å². The molecule has 2 aromatic rings. The van der Waals surface area contributed by atoms with E-state index in [1.54, 1.807) is 18.6 Å². The Morgan fingerprint density at radius 2 is 2.38 bits per heavy atom. The van der Waals surface area contributed by atoms with Gasteiger partial charge in [0.05, 0.1) is 25.5 Å². The number of hydrogen-bond acceptors (Lipinski definition) is 7. The first-order valence-corrected chi connectivity index (χ1v) is 7.95. The molecule has 1 fully saturated rings. The molecule has 0 aliphatic carbocycles. The van der Waals surface area contributed by atoms with Crippen molar-refractivity contribution in [2.45, 2.75) is 31.9 Å². The third-order valence-electron chi connectivity index (χ3n) is 3.59. The number of ether oxygens (including phenoxy) is 2. The van der Waals surface area contributed by atoms with E-state index in [4.69, 9.17) is 9.47 Å². The van der Waals surface area contributed by atoms with Crippen molar-refractivity contribution in [2.75, 3.05) is 19.8 Å². The fourth-order valence-electron chi connectivity index (χ4n) is 2.36. The number of aromatic amines is 1. The van der Waals surface area contributed by atoms with Gasteiger partial charge in [0, 0.05) is 19.0 Å². The van der Waals surface area contributed by atoms with Crippen LogP contribution in [0.1, 0.15) is 25.1 Å². The molecule has 2 aromatic heterocycles. The average Bonchev–Trinajstić information content (AvgIpc) is 3.11. The second-order valence-electron chi connectivity index (χ2n) is 5.48. The fraction of sp³-hybridized carbons (Fsp3) is 0.533. The van der Waals surface area contributed by atoms with Crippen molar-refractivity contribution in [3.8, 4) is 11.5 Å². The molecule has 9 heteroatoms. The van der Waals surface area contributed by atoms with E-state index in [1.807, 2.05) is 0 Å². The molecule has 0 spiro atoms. The molecule has 128 valence electrons. The number of hydrogen-bond donors (Lipinski definition) is 2. The van der Waals surface area contributed by atoms with Gasteiger partial charge >= 0.3 is 0 Å². The van der Waals surface area contributed by atoms with Gasteiger partial charge in [0.25, 0.3) is 0 Å². The number of aromatic nitrogens is 5. The molecule has 24 heavy (non-hydrogen) atoms. The maximum atomic E-state index is 11.8. The van der Waals surface area contributed by atoms with Crippen LogP contribution in [0.3, 0.4) is 0 Å². The van der Waals surface area contributed by atoms with E-state index in [0.717, 1.165) is 25.9 Å². The zero-order chi connectivity index (χ0) is 16.6. The number of rotatable bonds is 7. The smallest absolute Gasteiger partial charge is 0.246 e. The maximum Gasteiger partial charge on any atom is 0.246 e. The Balaban J connectivity index is 1.38. The molecule has 1 amide bonds. The van der Waals surface area contributed by atoms with Crippen molar-refractivity contribution in [1.82, 2.24) is 30.5 Å². The molecular weight excluding hydrogens is 312 g/mol. The molecule has 3 rings (SSSR count). The Morgan fingerprint density at radius 3 is 3.17 bits per heavy atom. The molecule has 3 heterocycles.